The van der Waals surface area contributed by atoms with Crippen LogP contribution in [0.25, 0.3) is 0 Å². The molecule has 0 bridgehead atoms. The van der Waals surface area contributed by atoms with Gasteiger partial charge in [-0.05, 0) is 31.4 Å². The molecule has 2 fully saturated rings. The van der Waals surface area contributed by atoms with Crippen LogP contribution >= 0.6 is 0 Å². The minimum atomic E-state index is -5.76. The molecule has 34 heavy (non-hydrogen) atoms. The number of carbonyl (C=O) groups is 2. The zero-order chi connectivity index (χ0) is 25.3. The van der Waals surface area contributed by atoms with Crippen molar-refractivity contribution in [2.75, 3.05) is 26.2 Å². The second kappa shape index (κ2) is 9.88. The van der Waals surface area contributed by atoms with Gasteiger partial charge in [0.05, 0.1) is 5.92 Å². The highest BCUT2D eigenvalue weighted by Gasteiger charge is 2.60. The standard InChI is InChI=1S/C21H24F6N2O5/c1-12-2-3-13(16(8-12)33-15-9-14(10-15)17(30)31)11-28-4-6-29(7-5-28)19(32)34-18(20(22,23)24)21(25,26)27/h2-3,8,14-15,18H,4-7,9-11H2,1H3,(H,30,31)/t14-,15-. The van der Waals surface area contributed by atoms with Crippen molar-refractivity contribution in [2.24, 2.45) is 5.92 Å². The monoisotopic (exact) mass is 498 g/mol. The molecule has 1 saturated carbocycles. The van der Waals surface area contributed by atoms with Gasteiger partial charge in [0.15, 0.2) is 0 Å². The van der Waals surface area contributed by atoms with E-state index in [0.717, 1.165) is 16.0 Å². The molecule has 3 rings (SSSR count). The fraction of sp³-hybridized carbons (Fsp3) is 0.619. The summed E-state index contributed by atoms with van der Waals surface area (Å²) in [6.07, 6.45) is -16.8. The van der Waals surface area contributed by atoms with Crippen LogP contribution in [-0.4, -0.2) is 77.7 Å². The molecule has 1 aliphatic carbocycles. The summed E-state index contributed by atoms with van der Waals surface area (Å²) in [6, 6.07) is 5.53. The van der Waals surface area contributed by atoms with Crippen molar-refractivity contribution in [1.82, 2.24) is 9.80 Å². The first-order valence-electron chi connectivity index (χ1n) is 10.5. The minimum absolute atomic E-state index is 0.105. The number of carboxylic acids is 1. The fourth-order valence-electron chi connectivity index (χ4n) is 3.77. The van der Waals surface area contributed by atoms with Crippen LogP contribution in [0.4, 0.5) is 31.1 Å². The average molecular weight is 498 g/mol. The van der Waals surface area contributed by atoms with Gasteiger partial charge in [0.25, 0.3) is 6.10 Å². The van der Waals surface area contributed by atoms with E-state index >= 15 is 0 Å². The van der Waals surface area contributed by atoms with Crippen LogP contribution in [0.3, 0.4) is 0 Å². The van der Waals surface area contributed by atoms with E-state index < -0.39 is 36.4 Å². The highest BCUT2D eigenvalue weighted by atomic mass is 19.4. The smallest absolute Gasteiger partial charge is 0.434 e. The first-order chi connectivity index (χ1) is 15.7. The Labute approximate surface area is 191 Å². The predicted molar refractivity (Wildman–Crippen MR) is 105 cm³/mol. The maximum atomic E-state index is 12.6. The van der Waals surface area contributed by atoms with Crippen LogP contribution in [0.15, 0.2) is 18.2 Å². The fourth-order valence-corrected chi connectivity index (χ4v) is 3.77. The van der Waals surface area contributed by atoms with Crippen molar-refractivity contribution >= 4 is 12.1 Å². The zero-order valence-electron chi connectivity index (χ0n) is 18.2. The molecule has 1 heterocycles. The Morgan fingerprint density at radius 1 is 1.06 bits per heavy atom. The van der Waals surface area contributed by atoms with Gasteiger partial charge in [0, 0.05) is 38.3 Å². The summed E-state index contributed by atoms with van der Waals surface area (Å²) in [5.74, 6) is -0.702. The van der Waals surface area contributed by atoms with Crippen LogP contribution in [-0.2, 0) is 16.1 Å². The Morgan fingerprint density at radius 2 is 1.65 bits per heavy atom. The summed E-state index contributed by atoms with van der Waals surface area (Å²) in [5, 5.41) is 9.01. The Balaban J connectivity index is 1.55. The Bertz CT molecular complexity index is 879. The number of aryl methyl sites for hydroxylation is 1. The first-order valence-corrected chi connectivity index (χ1v) is 10.5. The van der Waals surface area contributed by atoms with Gasteiger partial charge >= 0.3 is 24.4 Å². The number of alkyl halides is 6. The molecule has 13 heteroatoms. The molecule has 0 radical (unpaired) electrons. The number of amides is 1. The molecule has 1 amide bonds. The number of nitrogens with zero attached hydrogens (tertiary/aromatic N) is 2. The number of halogens is 6. The third-order valence-electron chi connectivity index (χ3n) is 5.80. The summed E-state index contributed by atoms with van der Waals surface area (Å²) in [7, 11) is 0. The number of carboxylic acid groups (broad SMARTS) is 1. The van der Waals surface area contributed by atoms with Crippen molar-refractivity contribution in [3.63, 3.8) is 0 Å². The van der Waals surface area contributed by atoms with E-state index in [1.807, 2.05) is 30.0 Å². The minimum Gasteiger partial charge on any atom is -0.490 e. The molecule has 7 nitrogen and oxygen atoms in total. The van der Waals surface area contributed by atoms with E-state index in [1.54, 1.807) is 0 Å². The largest absolute Gasteiger partial charge is 0.490 e. The number of rotatable bonds is 6. The molecule has 190 valence electrons. The van der Waals surface area contributed by atoms with Gasteiger partial charge in [-0.15, -0.1) is 0 Å². The summed E-state index contributed by atoms with van der Waals surface area (Å²) in [5.41, 5.74) is 1.74. The van der Waals surface area contributed by atoms with Crippen molar-refractivity contribution in [1.29, 1.82) is 0 Å². The lowest BCUT2D eigenvalue weighted by molar-refractivity contribution is -0.308. The SMILES string of the molecule is Cc1ccc(CN2CCN(C(=O)OC(C(F)(F)F)C(F)(F)F)CC2)c(O[C@H]2C[C@H](C(=O)O)C2)c1. The van der Waals surface area contributed by atoms with Crippen LogP contribution < -0.4 is 4.74 Å². The molecule has 2 aliphatic rings. The van der Waals surface area contributed by atoms with Crippen LogP contribution in [0.2, 0.25) is 0 Å². The van der Waals surface area contributed by atoms with Gasteiger partial charge < -0.3 is 19.5 Å². The molecule has 1 aromatic rings. The Kier molecular flexibility index (Phi) is 7.53. The van der Waals surface area contributed by atoms with Gasteiger partial charge in [0.1, 0.15) is 11.9 Å². The highest BCUT2D eigenvalue weighted by Crippen LogP contribution is 2.36. The average Bonchev–Trinajstić information content (AvgIpc) is 2.68. The number of ether oxygens (including phenoxy) is 2. The number of hydrogen-bond donors (Lipinski definition) is 1. The lowest BCUT2D eigenvalue weighted by Gasteiger charge is -2.36. The third kappa shape index (κ3) is 6.45. The Hall–Kier alpha value is -2.70. The zero-order valence-corrected chi connectivity index (χ0v) is 18.2. The summed E-state index contributed by atoms with van der Waals surface area (Å²) >= 11 is 0. The highest BCUT2D eigenvalue weighted by molar-refractivity contribution is 5.71. The van der Waals surface area contributed by atoms with Crippen molar-refractivity contribution in [3.8, 4) is 5.75 Å². The summed E-state index contributed by atoms with van der Waals surface area (Å²) in [6.45, 7) is 2.45. The number of hydrogen-bond acceptors (Lipinski definition) is 5. The lowest BCUT2D eigenvalue weighted by Crippen LogP contribution is -2.52. The second-order valence-electron chi connectivity index (χ2n) is 8.47. The maximum Gasteiger partial charge on any atom is 0.434 e. The van der Waals surface area contributed by atoms with Gasteiger partial charge in [-0.3, -0.25) is 9.69 Å². The molecular weight excluding hydrogens is 474 g/mol. The number of aliphatic carboxylic acids is 1. The lowest BCUT2D eigenvalue weighted by atomic mass is 9.82. The Morgan fingerprint density at radius 3 is 2.18 bits per heavy atom. The molecule has 1 saturated heterocycles. The van der Waals surface area contributed by atoms with Crippen molar-refractivity contribution < 1.29 is 50.5 Å². The molecule has 1 N–H and O–H groups in total. The molecule has 0 aromatic heterocycles. The van der Waals surface area contributed by atoms with Crippen LogP contribution in [0.5, 0.6) is 5.75 Å². The van der Waals surface area contributed by atoms with Crippen molar-refractivity contribution in [3.05, 3.63) is 29.3 Å². The number of benzene rings is 1. The van der Waals surface area contributed by atoms with E-state index in [9.17, 15) is 35.9 Å². The molecule has 1 aromatic carbocycles. The predicted octanol–water partition coefficient (Wildman–Crippen LogP) is 3.98. The molecule has 0 atom stereocenters. The van der Waals surface area contributed by atoms with Gasteiger partial charge in [-0.1, -0.05) is 12.1 Å². The topological polar surface area (TPSA) is 79.3 Å². The van der Waals surface area contributed by atoms with E-state index in [-0.39, 0.29) is 32.3 Å². The van der Waals surface area contributed by atoms with E-state index in [2.05, 4.69) is 4.74 Å². The normalized spacial score (nSPS) is 21.8. The summed E-state index contributed by atoms with van der Waals surface area (Å²) in [4.78, 5) is 25.6. The quantitative estimate of drug-likeness (QED) is 0.598. The number of carbonyl (C=O) groups excluding carboxylic acids is 1. The van der Waals surface area contributed by atoms with E-state index in [1.165, 1.54) is 0 Å². The van der Waals surface area contributed by atoms with Crippen LogP contribution in [0.1, 0.15) is 24.0 Å². The molecule has 0 spiro atoms. The van der Waals surface area contributed by atoms with E-state index in [0.29, 0.717) is 25.1 Å². The third-order valence-corrected chi connectivity index (χ3v) is 5.80. The first kappa shape index (κ1) is 25.9. The van der Waals surface area contributed by atoms with E-state index in [4.69, 9.17) is 9.84 Å². The molecule has 1 aliphatic heterocycles. The number of piperazine rings is 1. The van der Waals surface area contributed by atoms with Gasteiger partial charge in [0.2, 0.25) is 0 Å². The summed E-state index contributed by atoms with van der Waals surface area (Å²) < 4.78 is 85.5. The molecular formula is C21H24F6N2O5. The molecule has 0 unspecified atom stereocenters. The maximum absolute atomic E-state index is 12.6. The van der Waals surface area contributed by atoms with Crippen molar-refractivity contribution in [2.45, 2.75) is 50.9 Å². The second-order valence-corrected chi connectivity index (χ2v) is 8.47. The van der Waals surface area contributed by atoms with Gasteiger partial charge in [-0.2, -0.15) is 26.3 Å². The van der Waals surface area contributed by atoms with Gasteiger partial charge in [-0.25, -0.2) is 4.79 Å². The van der Waals surface area contributed by atoms with Crippen LogP contribution in [0, 0.1) is 12.8 Å².